The minimum absolute atomic E-state index is 0.00292. The van der Waals surface area contributed by atoms with Gasteiger partial charge in [0.05, 0.1) is 16.8 Å². The van der Waals surface area contributed by atoms with Crippen LogP contribution < -0.4 is 10.6 Å². The third-order valence-electron chi connectivity index (χ3n) is 4.04. The van der Waals surface area contributed by atoms with Crippen LogP contribution in [-0.4, -0.2) is 11.9 Å². The van der Waals surface area contributed by atoms with Crippen LogP contribution in [-0.2, 0) is 4.79 Å². The van der Waals surface area contributed by atoms with E-state index in [1.807, 2.05) is 6.92 Å². The van der Waals surface area contributed by atoms with Crippen LogP contribution in [0.5, 0.6) is 0 Å². The maximum absolute atomic E-state index is 13.2. The summed E-state index contributed by atoms with van der Waals surface area (Å²) in [7, 11) is 0. The zero-order valence-electron chi connectivity index (χ0n) is 9.72. The second-order valence-corrected chi connectivity index (χ2v) is 5.15. The molecule has 90 valence electrons. The molecule has 1 aromatic carbocycles. The van der Waals surface area contributed by atoms with Crippen molar-refractivity contribution in [2.45, 2.75) is 32.2 Å². The van der Waals surface area contributed by atoms with Gasteiger partial charge in [0.15, 0.2) is 0 Å². The summed E-state index contributed by atoms with van der Waals surface area (Å²) in [6, 6.07) is 4.61. The van der Waals surface area contributed by atoms with Gasteiger partial charge < -0.3 is 10.6 Å². The van der Waals surface area contributed by atoms with Gasteiger partial charge in [0.25, 0.3) is 0 Å². The Bertz CT molecular complexity index is 488. The van der Waals surface area contributed by atoms with E-state index in [2.05, 4.69) is 10.6 Å². The van der Waals surface area contributed by atoms with E-state index in [0.717, 1.165) is 24.9 Å². The second-order valence-electron chi connectivity index (χ2n) is 5.15. The molecule has 0 spiro atoms. The number of anilines is 2. The molecule has 2 unspecified atom stereocenters. The normalized spacial score (nSPS) is 30.9. The van der Waals surface area contributed by atoms with Crippen molar-refractivity contribution in [1.82, 2.24) is 0 Å². The quantitative estimate of drug-likeness (QED) is 0.724. The number of nitrogens with one attached hydrogen (secondary N) is 2. The predicted octanol–water partition coefficient (Wildman–Crippen LogP) is 2.75. The standard InChI is InChI=1S/C13H15FN2O/c1-13-6-2-3-11(13)15-9-5-4-8(14)7-10(9)16-12(13)17/h4-5,7,11,15H,2-3,6H2,1H3,(H,16,17). The molecule has 1 fully saturated rings. The summed E-state index contributed by atoms with van der Waals surface area (Å²) in [5.74, 6) is -0.333. The van der Waals surface area contributed by atoms with Crippen molar-refractivity contribution in [3.05, 3.63) is 24.0 Å². The predicted molar refractivity (Wildman–Crippen MR) is 64.4 cm³/mol. The van der Waals surface area contributed by atoms with Crippen molar-refractivity contribution < 1.29 is 9.18 Å². The van der Waals surface area contributed by atoms with Crippen LogP contribution in [0.2, 0.25) is 0 Å². The molecule has 4 heteroatoms. The van der Waals surface area contributed by atoms with Crippen molar-refractivity contribution in [3.63, 3.8) is 0 Å². The molecular formula is C13H15FN2O. The summed E-state index contributed by atoms with van der Waals surface area (Å²) >= 11 is 0. The van der Waals surface area contributed by atoms with Crippen molar-refractivity contribution in [2.75, 3.05) is 10.6 Å². The Morgan fingerprint density at radius 2 is 2.24 bits per heavy atom. The summed E-state index contributed by atoms with van der Waals surface area (Å²) in [6.45, 7) is 1.98. The third-order valence-corrected chi connectivity index (χ3v) is 4.04. The van der Waals surface area contributed by atoms with Gasteiger partial charge in [-0.1, -0.05) is 6.42 Å². The average Bonchev–Trinajstić information content (AvgIpc) is 2.61. The van der Waals surface area contributed by atoms with Gasteiger partial charge in [-0.15, -0.1) is 0 Å². The Morgan fingerprint density at radius 1 is 1.41 bits per heavy atom. The van der Waals surface area contributed by atoms with Crippen LogP contribution >= 0.6 is 0 Å². The van der Waals surface area contributed by atoms with E-state index < -0.39 is 0 Å². The fourth-order valence-electron chi connectivity index (χ4n) is 2.87. The molecule has 17 heavy (non-hydrogen) atoms. The largest absolute Gasteiger partial charge is 0.380 e. The summed E-state index contributed by atoms with van der Waals surface area (Å²) in [5.41, 5.74) is 0.983. The highest BCUT2D eigenvalue weighted by Gasteiger charge is 2.46. The molecule has 2 aliphatic rings. The van der Waals surface area contributed by atoms with Gasteiger partial charge in [-0.05, 0) is 38.0 Å². The Hall–Kier alpha value is -1.58. The van der Waals surface area contributed by atoms with E-state index in [-0.39, 0.29) is 23.2 Å². The molecule has 0 aromatic heterocycles. The van der Waals surface area contributed by atoms with Gasteiger partial charge in [-0.25, -0.2) is 4.39 Å². The molecule has 0 radical (unpaired) electrons. The Labute approximate surface area is 99.4 Å². The number of benzene rings is 1. The van der Waals surface area contributed by atoms with Crippen LogP contribution in [0.15, 0.2) is 18.2 Å². The van der Waals surface area contributed by atoms with Crippen molar-refractivity contribution in [3.8, 4) is 0 Å². The zero-order chi connectivity index (χ0) is 12.0. The van der Waals surface area contributed by atoms with Crippen LogP contribution in [0.4, 0.5) is 15.8 Å². The van der Waals surface area contributed by atoms with E-state index in [9.17, 15) is 9.18 Å². The third kappa shape index (κ3) is 1.51. The Morgan fingerprint density at radius 3 is 3.06 bits per heavy atom. The highest BCUT2D eigenvalue weighted by molar-refractivity contribution is 6.00. The minimum Gasteiger partial charge on any atom is -0.380 e. The van der Waals surface area contributed by atoms with Gasteiger partial charge in [0, 0.05) is 6.04 Å². The summed E-state index contributed by atoms with van der Waals surface area (Å²) in [6.07, 6.45) is 2.92. The van der Waals surface area contributed by atoms with E-state index >= 15 is 0 Å². The first kappa shape index (κ1) is 10.6. The van der Waals surface area contributed by atoms with Gasteiger partial charge in [-0.3, -0.25) is 4.79 Å². The smallest absolute Gasteiger partial charge is 0.232 e. The highest BCUT2D eigenvalue weighted by Crippen LogP contribution is 2.44. The maximum atomic E-state index is 13.2. The molecule has 3 rings (SSSR count). The molecule has 1 aliphatic heterocycles. The molecule has 1 aromatic rings. The number of fused-ring (bicyclic) bond motifs is 2. The van der Waals surface area contributed by atoms with Gasteiger partial charge in [-0.2, -0.15) is 0 Å². The molecule has 1 saturated carbocycles. The second kappa shape index (κ2) is 3.45. The Balaban J connectivity index is 2.06. The molecule has 0 bridgehead atoms. The van der Waals surface area contributed by atoms with Gasteiger partial charge >= 0.3 is 0 Å². The fourth-order valence-corrected chi connectivity index (χ4v) is 2.87. The van der Waals surface area contributed by atoms with Gasteiger partial charge in [0.1, 0.15) is 5.82 Å². The first-order valence-corrected chi connectivity index (χ1v) is 5.97. The number of halogens is 1. The lowest BCUT2D eigenvalue weighted by atomic mass is 9.84. The molecule has 3 nitrogen and oxygen atoms in total. The molecule has 1 heterocycles. The lowest BCUT2D eigenvalue weighted by Crippen LogP contribution is -2.41. The first-order chi connectivity index (χ1) is 8.09. The summed E-state index contributed by atoms with van der Waals surface area (Å²) < 4.78 is 13.2. The lowest BCUT2D eigenvalue weighted by Gasteiger charge is -2.27. The maximum Gasteiger partial charge on any atom is 0.232 e. The number of rotatable bonds is 0. The van der Waals surface area contributed by atoms with E-state index in [1.54, 1.807) is 6.07 Å². The Kier molecular flexibility index (Phi) is 2.15. The summed E-state index contributed by atoms with van der Waals surface area (Å²) in [5, 5.41) is 6.20. The SMILES string of the molecule is CC12CCCC1Nc1ccc(F)cc1NC2=O. The van der Waals surface area contributed by atoms with Crippen LogP contribution in [0.3, 0.4) is 0 Å². The van der Waals surface area contributed by atoms with Crippen molar-refractivity contribution >= 4 is 17.3 Å². The van der Waals surface area contributed by atoms with E-state index in [0.29, 0.717) is 5.69 Å². The number of hydrogen-bond donors (Lipinski definition) is 2. The lowest BCUT2D eigenvalue weighted by molar-refractivity contribution is -0.124. The molecule has 2 N–H and O–H groups in total. The van der Waals surface area contributed by atoms with Crippen molar-refractivity contribution in [2.24, 2.45) is 5.41 Å². The molecule has 0 saturated heterocycles. The zero-order valence-corrected chi connectivity index (χ0v) is 9.72. The van der Waals surface area contributed by atoms with E-state index in [1.165, 1.54) is 12.1 Å². The molecule has 2 atom stereocenters. The molecule has 1 amide bonds. The number of carbonyl (C=O) groups is 1. The number of carbonyl (C=O) groups excluding carboxylic acids is 1. The van der Waals surface area contributed by atoms with Gasteiger partial charge in [0.2, 0.25) is 5.91 Å². The average molecular weight is 234 g/mol. The van der Waals surface area contributed by atoms with Crippen molar-refractivity contribution in [1.29, 1.82) is 0 Å². The fraction of sp³-hybridized carbons (Fsp3) is 0.462. The van der Waals surface area contributed by atoms with Crippen LogP contribution in [0, 0.1) is 11.2 Å². The number of amides is 1. The molecular weight excluding hydrogens is 219 g/mol. The number of hydrogen-bond acceptors (Lipinski definition) is 2. The molecule has 1 aliphatic carbocycles. The van der Waals surface area contributed by atoms with Crippen LogP contribution in [0.25, 0.3) is 0 Å². The highest BCUT2D eigenvalue weighted by atomic mass is 19.1. The minimum atomic E-state index is -0.379. The topological polar surface area (TPSA) is 41.1 Å². The summed E-state index contributed by atoms with van der Waals surface area (Å²) in [4.78, 5) is 12.2. The first-order valence-electron chi connectivity index (χ1n) is 5.97. The van der Waals surface area contributed by atoms with Crippen LogP contribution in [0.1, 0.15) is 26.2 Å². The monoisotopic (exact) mass is 234 g/mol. The van der Waals surface area contributed by atoms with E-state index in [4.69, 9.17) is 0 Å².